The van der Waals surface area contributed by atoms with Crippen LogP contribution in [0.1, 0.15) is 30.2 Å². The van der Waals surface area contributed by atoms with Crippen molar-refractivity contribution in [3.05, 3.63) is 47.2 Å². The minimum absolute atomic E-state index is 0.182. The molecule has 0 fully saturated rings. The van der Waals surface area contributed by atoms with E-state index in [0.717, 1.165) is 26.0 Å². The van der Waals surface area contributed by atoms with Crippen LogP contribution < -0.4 is 0 Å². The molecule has 158 valence electrons. The van der Waals surface area contributed by atoms with E-state index in [2.05, 4.69) is 62.7 Å². The molecule has 0 radical (unpaired) electrons. The highest BCUT2D eigenvalue weighted by Gasteiger charge is 2.37. The van der Waals surface area contributed by atoms with Gasteiger partial charge in [-0.3, -0.25) is 0 Å². The summed E-state index contributed by atoms with van der Waals surface area (Å²) in [5.41, 5.74) is 5.40. The SMILES string of the molecule is Cc1cccc2c1c1c(n2C)C(C)(CCN(C)C)OCC1.O=C(O)/C=C\C(=O)O. The lowest BCUT2D eigenvalue weighted by atomic mass is 9.89. The average Bonchev–Trinajstić information content (AvgIpc) is 2.94. The highest BCUT2D eigenvalue weighted by molar-refractivity contribution is 5.90. The molecule has 0 bridgehead atoms. The molecule has 2 heterocycles. The van der Waals surface area contributed by atoms with Crippen LogP contribution in [-0.2, 0) is 33.4 Å². The molecule has 0 spiro atoms. The van der Waals surface area contributed by atoms with Crippen LogP contribution in [0.5, 0.6) is 0 Å². The zero-order valence-corrected chi connectivity index (χ0v) is 17.7. The number of benzene rings is 1. The monoisotopic (exact) mass is 402 g/mol. The molecule has 1 aliphatic rings. The van der Waals surface area contributed by atoms with E-state index >= 15 is 0 Å². The molecule has 3 rings (SSSR count). The number of carboxylic acid groups (broad SMARTS) is 2. The lowest BCUT2D eigenvalue weighted by molar-refractivity contribution is -0.134. The van der Waals surface area contributed by atoms with Gasteiger partial charge in [0.2, 0.25) is 0 Å². The number of aliphatic carboxylic acids is 2. The number of nitrogens with zero attached hydrogens (tertiary/aromatic N) is 2. The number of fused-ring (bicyclic) bond motifs is 3. The third-order valence-electron chi connectivity index (χ3n) is 5.21. The van der Waals surface area contributed by atoms with Crippen LogP contribution in [0.15, 0.2) is 30.4 Å². The Morgan fingerprint density at radius 2 is 1.86 bits per heavy atom. The van der Waals surface area contributed by atoms with Crippen molar-refractivity contribution in [3.8, 4) is 0 Å². The Morgan fingerprint density at radius 1 is 1.24 bits per heavy atom. The molecule has 1 aliphatic heterocycles. The van der Waals surface area contributed by atoms with Gasteiger partial charge in [-0.15, -0.1) is 0 Å². The number of aromatic nitrogens is 1. The van der Waals surface area contributed by atoms with Crippen LogP contribution >= 0.6 is 0 Å². The number of carboxylic acids is 2. The molecular formula is C22H30N2O5. The first-order chi connectivity index (χ1) is 13.6. The van der Waals surface area contributed by atoms with Crippen molar-refractivity contribution in [2.75, 3.05) is 27.2 Å². The van der Waals surface area contributed by atoms with Crippen molar-refractivity contribution >= 4 is 22.8 Å². The summed E-state index contributed by atoms with van der Waals surface area (Å²) in [6.07, 6.45) is 3.16. The van der Waals surface area contributed by atoms with Crippen LogP contribution in [0.2, 0.25) is 0 Å². The highest BCUT2D eigenvalue weighted by atomic mass is 16.5. The molecule has 1 aromatic heterocycles. The second kappa shape index (κ2) is 9.24. The Kier molecular flexibility index (Phi) is 7.21. The molecule has 2 aromatic rings. The predicted molar refractivity (Wildman–Crippen MR) is 112 cm³/mol. The van der Waals surface area contributed by atoms with Gasteiger partial charge in [0.25, 0.3) is 0 Å². The topological polar surface area (TPSA) is 92.0 Å². The zero-order chi connectivity index (χ0) is 21.8. The first kappa shape index (κ1) is 22.6. The number of carbonyl (C=O) groups is 2. The van der Waals surface area contributed by atoms with Gasteiger partial charge in [0.05, 0.1) is 12.3 Å². The van der Waals surface area contributed by atoms with E-state index in [1.54, 1.807) is 0 Å². The first-order valence-electron chi connectivity index (χ1n) is 9.57. The second-order valence-electron chi connectivity index (χ2n) is 7.75. The van der Waals surface area contributed by atoms with E-state index in [-0.39, 0.29) is 5.60 Å². The minimum atomic E-state index is -1.26. The Bertz CT molecular complexity index is 913. The van der Waals surface area contributed by atoms with Gasteiger partial charge in [-0.05, 0) is 58.0 Å². The highest BCUT2D eigenvalue weighted by Crippen LogP contribution is 2.41. The molecule has 2 N–H and O–H groups in total. The molecule has 1 aromatic carbocycles. The maximum Gasteiger partial charge on any atom is 0.328 e. The number of aryl methyl sites for hydroxylation is 2. The maximum absolute atomic E-state index is 9.55. The van der Waals surface area contributed by atoms with E-state index in [1.165, 1.54) is 27.7 Å². The summed E-state index contributed by atoms with van der Waals surface area (Å²) in [7, 11) is 6.43. The Labute approximate surface area is 171 Å². The van der Waals surface area contributed by atoms with Gasteiger partial charge in [0, 0.05) is 36.6 Å². The fourth-order valence-corrected chi connectivity index (χ4v) is 3.90. The fourth-order valence-electron chi connectivity index (χ4n) is 3.90. The van der Waals surface area contributed by atoms with Crippen molar-refractivity contribution in [2.45, 2.75) is 32.3 Å². The number of hydrogen-bond donors (Lipinski definition) is 2. The van der Waals surface area contributed by atoms with Crippen molar-refractivity contribution in [1.29, 1.82) is 0 Å². The Balaban J connectivity index is 0.000000321. The summed E-state index contributed by atoms with van der Waals surface area (Å²) in [4.78, 5) is 21.3. The van der Waals surface area contributed by atoms with E-state index in [4.69, 9.17) is 14.9 Å². The van der Waals surface area contributed by atoms with E-state index in [1.807, 2.05) is 0 Å². The predicted octanol–water partition coefficient (Wildman–Crippen LogP) is 2.94. The summed E-state index contributed by atoms with van der Waals surface area (Å²) in [6, 6.07) is 6.60. The smallest absolute Gasteiger partial charge is 0.328 e. The van der Waals surface area contributed by atoms with Gasteiger partial charge in [0.1, 0.15) is 5.60 Å². The largest absolute Gasteiger partial charge is 0.478 e. The standard InChI is InChI=1S/C18H26N2O.C4H4O4/c1-13-7-6-8-15-16(13)14-9-12-21-18(2,10-11-19(3)4)17(14)20(15)5;5-3(6)1-2-4(7)8/h6-8H,9-12H2,1-5H3;1-2H,(H,5,6)(H,7,8)/b;2-1-. The third-order valence-corrected chi connectivity index (χ3v) is 5.21. The summed E-state index contributed by atoms with van der Waals surface area (Å²) >= 11 is 0. The molecule has 29 heavy (non-hydrogen) atoms. The van der Waals surface area contributed by atoms with Crippen LogP contribution in [-0.4, -0.2) is 58.9 Å². The lowest BCUT2D eigenvalue weighted by Gasteiger charge is -2.36. The summed E-state index contributed by atoms with van der Waals surface area (Å²) in [5.74, 6) is -2.51. The molecule has 7 heteroatoms. The molecule has 0 amide bonds. The van der Waals surface area contributed by atoms with Crippen molar-refractivity contribution in [3.63, 3.8) is 0 Å². The van der Waals surface area contributed by atoms with Gasteiger partial charge in [-0.2, -0.15) is 0 Å². The van der Waals surface area contributed by atoms with Gasteiger partial charge in [-0.25, -0.2) is 9.59 Å². The van der Waals surface area contributed by atoms with Gasteiger partial charge < -0.3 is 24.4 Å². The third kappa shape index (κ3) is 5.25. The zero-order valence-electron chi connectivity index (χ0n) is 17.7. The van der Waals surface area contributed by atoms with Crippen molar-refractivity contribution in [1.82, 2.24) is 9.47 Å². The van der Waals surface area contributed by atoms with Crippen LogP contribution in [0, 0.1) is 6.92 Å². The Morgan fingerprint density at radius 3 is 2.41 bits per heavy atom. The van der Waals surface area contributed by atoms with Crippen molar-refractivity contribution < 1.29 is 24.5 Å². The van der Waals surface area contributed by atoms with Gasteiger partial charge >= 0.3 is 11.9 Å². The van der Waals surface area contributed by atoms with E-state index < -0.39 is 11.9 Å². The molecule has 0 aliphatic carbocycles. The number of ether oxygens (including phenoxy) is 1. The summed E-state index contributed by atoms with van der Waals surface area (Å²) in [6.45, 7) is 6.33. The summed E-state index contributed by atoms with van der Waals surface area (Å²) in [5, 5.41) is 17.1. The number of hydrogen-bond acceptors (Lipinski definition) is 4. The normalized spacial score (nSPS) is 18.6. The van der Waals surface area contributed by atoms with E-state index in [9.17, 15) is 9.59 Å². The second-order valence-corrected chi connectivity index (χ2v) is 7.75. The molecule has 7 nitrogen and oxygen atoms in total. The summed E-state index contributed by atoms with van der Waals surface area (Å²) < 4.78 is 8.60. The first-order valence-corrected chi connectivity index (χ1v) is 9.57. The fraction of sp³-hybridized carbons (Fsp3) is 0.455. The average molecular weight is 402 g/mol. The van der Waals surface area contributed by atoms with E-state index in [0.29, 0.717) is 12.2 Å². The molecule has 1 unspecified atom stereocenters. The molecule has 1 atom stereocenters. The molecular weight excluding hydrogens is 372 g/mol. The lowest BCUT2D eigenvalue weighted by Crippen LogP contribution is -2.37. The van der Waals surface area contributed by atoms with Crippen LogP contribution in [0.3, 0.4) is 0 Å². The Hall–Kier alpha value is -2.64. The molecule has 0 saturated carbocycles. The maximum atomic E-state index is 9.55. The number of rotatable bonds is 5. The molecule has 0 saturated heterocycles. The van der Waals surface area contributed by atoms with Gasteiger partial charge in [-0.1, -0.05) is 12.1 Å². The minimum Gasteiger partial charge on any atom is -0.478 e. The van der Waals surface area contributed by atoms with Crippen molar-refractivity contribution in [2.24, 2.45) is 7.05 Å². The van der Waals surface area contributed by atoms with Gasteiger partial charge in [0.15, 0.2) is 0 Å². The van der Waals surface area contributed by atoms with Crippen LogP contribution in [0.25, 0.3) is 10.9 Å². The quantitative estimate of drug-likeness (QED) is 0.747. The van der Waals surface area contributed by atoms with Crippen LogP contribution in [0.4, 0.5) is 0 Å².